The summed E-state index contributed by atoms with van der Waals surface area (Å²) in [7, 11) is 0. The molecule has 0 aromatic carbocycles. The summed E-state index contributed by atoms with van der Waals surface area (Å²) >= 11 is 0. The van der Waals surface area contributed by atoms with E-state index in [4.69, 9.17) is 0 Å². The topological polar surface area (TPSA) is 24.9 Å². The number of morpholine rings is 2. The van der Waals surface area contributed by atoms with Crippen molar-refractivity contribution in [2.45, 2.75) is 49.1 Å². The Labute approximate surface area is 173 Å². The van der Waals surface area contributed by atoms with Gasteiger partial charge in [-0.1, -0.05) is 12.2 Å². The maximum Gasteiger partial charge on any atom is 0.415 e. The largest absolute Gasteiger partial charge is 0.415 e. The summed E-state index contributed by atoms with van der Waals surface area (Å²) in [5.41, 5.74) is 0. The van der Waals surface area contributed by atoms with E-state index in [1.807, 2.05) is 0 Å². The highest BCUT2D eigenvalue weighted by Gasteiger charge is 2.53. The zero-order valence-corrected chi connectivity index (χ0v) is 16.0. The molecule has 2 heterocycles. The first-order valence-corrected chi connectivity index (χ1v) is 9.05. The standard InChI is InChI=1S/C16H18F12N2O2/c17-13(18,19)9-5-29(6-10(31-9)14(20,21)22)3-1-2-4-30-7-11(15(23,24)25)32-12(8-30)16(26,27)28/h1-2,9-12H,3-8H2/b2-1+. The average Bonchev–Trinajstić information content (AvgIpc) is 2.62. The molecule has 2 aliphatic heterocycles. The number of ether oxygens (including phenoxy) is 2. The highest BCUT2D eigenvalue weighted by molar-refractivity contribution is 4.94. The molecule has 0 radical (unpaired) electrons. The number of nitrogens with zero attached hydrogens (tertiary/aromatic N) is 2. The van der Waals surface area contributed by atoms with Gasteiger partial charge in [0.15, 0.2) is 24.4 Å². The first-order chi connectivity index (χ1) is 14.4. The second-order valence-corrected chi connectivity index (χ2v) is 7.30. The van der Waals surface area contributed by atoms with Gasteiger partial charge in [-0.25, -0.2) is 0 Å². The van der Waals surface area contributed by atoms with E-state index in [-0.39, 0.29) is 0 Å². The minimum absolute atomic E-state index is 0.446. The van der Waals surface area contributed by atoms with Crippen LogP contribution in [0.15, 0.2) is 12.2 Å². The highest BCUT2D eigenvalue weighted by atomic mass is 19.4. The first kappa shape index (κ1) is 27.0. The van der Waals surface area contributed by atoms with Crippen molar-refractivity contribution in [2.75, 3.05) is 39.3 Å². The lowest BCUT2D eigenvalue weighted by Crippen LogP contribution is -2.57. The molecular weight excluding hydrogens is 480 g/mol. The van der Waals surface area contributed by atoms with Crippen LogP contribution in [-0.4, -0.2) is 98.2 Å². The normalized spacial score (nSPS) is 30.2. The molecule has 0 bridgehead atoms. The van der Waals surface area contributed by atoms with Gasteiger partial charge >= 0.3 is 24.7 Å². The molecule has 0 saturated carbocycles. The van der Waals surface area contributed by atoms with E-state index in [9.17, 15) is 52.7 Å². The molecule has 0 N–H and O–H groups in total. The van der Waals surface area contributed by atoms with E-state index in [1.165, 1.54) is 0 Å². The lowest BCUT2D eigenvalue weighted by molar-refractivity contribution is -0.307. The van der Waals surface area contributed by atoms with Crippen LogP contribution in [0.4, 0.5) is 52.7 Å². The van der Waals surface area contributed by atoms with Crippen LogP contribution in [0.25, 0.3) is 0 Å². The zero-order valence-electron chi connectivity index (χ0n) is 16.0. The Morgan fingerprint density at radius 3 is 0.906 bits per heavy atom. The molecule has 0 spiro atoms. The van der Waals surface area contributed by atoms with E-state index in [0.717, 1.165) is 22.0 Å². The molecule has 2 saturated heterocycles. The van der Waals surface area contributed by atoms with Crippen molar-refractivity contribution < 1.29 is 62.2 Å². The van der Waals surface area contributed by atoms with E-state index < -0.39 is 88.4 Å². The molecule has 4 nitrogen and oxygen atoms in total. The lowest BCUT2D eigenvalue weighted by Gasteiger charge is -2.39. The van der Waals surface area contributed by atoms with Gasteiger partial charge in [-0.2, -0.15) is 52.7 Å². The number of alkyl halides is 12. The fourth-order valence-corrected chi connectivity index (χ4v) is 3.12. The van der Waals surface area contributed by atoms with Gasteiger partial charge in [0.2, 0.25) is 0 Å². The number of hydrogen-bond donors (Lipinski definition) is 0. The lowest BCUT2D eigenvalue weighted by atomic mass is 10.2. The van der Waals surface area contributed by atoms with Crippen molar-refractivity contribution >= 4 is 0 Å². The van der Waals surface area contributed by atoms with Crippen LogP contribution in [0.1, 0.15) is 0 Å². The van der Waals surface area contributed by atoms with Crippen molar-refractivity contribution in [3.63, 3.8) is 0 Å². The smallest absolute Gasteiger partial charge is 0.353 e. The summed E-state index contributed by atoms with van der Waals surface area (Å²) in [6, 6.07) is 0. The van der Waals surface area contributed by atoms with Gasteiger partial charge in [0.1, 0.15) is 0 Å². The molecule has 2 rings (SSSR count). The third kappa shape index (κ3) is 7.66. The SMILES string of the molecule is FC(F)(F)C1CN(C/C=C/CN2CC(C(F)(F)F)OC(C(F)(F)F)C2)CC(C(F)(F)F)O1. The molecule has 188 valence electrons. The Morgan fingerprint density at radius 2 is 0.719 bits per heavy atom. The molecule has 0 amide bonds. The highest BCUT2D eigenvalue weighted by Crippen LogP contribution is 2.35. The molecular formula is C16H18F12N2O2. The average molecular weight is 498 g/mol. The maximum atomic E-state index is 12.8. The zero-order chi connectivity index (χ0) is 24.5. The fraction of sp³-hybridized carbons (Fsp3) is 0.875. The molecule has 2 fully saturated rings. The third-order valence-electron chi connectivity index (χ3n) is 4.71. The van der Waals surface area contributed by atoms with Gasteiger partial charge in [-0.05, 0) is 0 Å². The molecule has 0 aromatic heterocycles. The predicted octanol–water partition coefficient (Wildman–Crippen LogP) is 3.93. The van der Waals surface area contributed by atoms with Crippen molar-refractivity contribution in [1.29, 1.82) is 0 Å². The van der Waals surface area contributed by atoms with Crippen LogP contribution in [0.2, 0.25) is 0 Å². The van der Waals surface area contributed by atoms with Crippen LogP contribution in [0.3, 0.4) is 0 Å². The van der Waals surface area contributed by atoms with Gasteiger partial charge in [0, 0.05) is 39.3 Å². The van der Waals surface area contributed by atoms with Crippen molar-refractivity contribution in [2.24, 2.45) is 0 Å². The molecule has 0 aromatic rings. The molecule has 4 unspecified atom stereocenters. The van der Waals surface area contributed by atoms with Crippen LogP contribution in [-0.2, 0) is 9.47 Å². The van der Waals surface area contributed by atoms with E-state index in [2.05, 4.69) is 9.47 Å². The minimum atomic E-state index is -5.06. The molecule has 2 aliphatic rings. The molecule has 16 heteroatoms. The predicted molar refractivity (Wildman–Crippen MR) is 83.6 cm³/mol. The fourth-order valence-electron chi connectivity index (χ4n) is 3.12. The van der Waals surface area contributed by atoms with Gasteiger partial charge in [0.25, 0.3) is 0 Å². The van der Waals surface area contributed by atoms with Crippen molar-refractivity contribution in [1.82, 2.24) is 9.80 Å². The van der Waals surface area contributed by atoms with Crippen LogP contribution in [0.5, 0.6) is 0 Å². The molecule has 4 atom stereocenters. The molecule has 32 heavy (non-hydrogen) atoms. The summed E-state index contributed by atoms with van der Waals surface area (Å²) in [6.07, 6.45) is -28.9. The third-order valence-corrected chi connectivity index (χ3v) is 4.71. The van der Waals surface area contributed by atoms with Gasteiger partial charge in [-0.15, -0.1) is 0 Å². The van der Waals surface area contributed by atoms with Crippen molar-refractivity contribution in [3.8, 4) is 0 Å². The number of halogens is 12. The summed E-state index contributed by atoms with van der Waals surface area (Å²) < 4.78 is 162. The van der Waals surface area contributed by atoms with Crippen LogP contribution >= 0.6 is 0 Å². The Balaban J connectivity index is 1.99. The Hall–Kier alpha value is -1.26. The number of hydrogen-bond acceptors (Lipinski definition) is 4. The van der Waals surface area contributed by atoms with Gasteiger partial charge < -0.3 is 9.47 Å². The van der Waals surface area contributed by atoms with Gasteiger partial charge in [-0.3, -0.25) is 9.80 Å². The Kier molecular flexibility index (Phi) is 8.05. The minimum Gasteiger partial charge on any atom is -0.353 e. The Bertz CT molecular complexity index is 545. The van der Waals surface area contributed by atoms with E-state index >= 15 is 0 Å². The summed E-state index contributed by atoms with van der Waals surface area (Å²) in [4.78, 5) is 1.57. The summed E-state index contributed by atoms with van der Waals surface area (Å²) in [5.74, 6) is 0. The number of rotatable bonds is 4. The van der Waals surface area contributed by atoms with Crippen molar-refractivity contribution in [3.05, 3.63) is 12.2 Å². The quantitative estimate of drug-likeness (QED) is 0.434. The summed E-state index contributed by atoms with van der Waals surface area (Å²) in [5, 5.41) is 0. The van der Waals surface area contributed by atoms with Crippen LogP contribution in [0, 0.1) is 0 Å². The second kappa shape index (κ2) is 9.54. The first-order valence-electron chi connectivity index (χ1n) is 9.05. The second-order valence-electron chi connectivity index (χ2n) is 7.30. The van der Waals surface area contributed by atoms with Crippen LogP contribution < -0.4 is 0 Å². The van der Waals surface area contributed by atoms with E-state index in [0.29, 0.717) is 0 Å². The van der Waals surface area contributed by atoms with E-state index in [1.54, 1.807) is 0 Å². The summed E-state index contributed by atoms with van der Waals surface area (Å²) in [6.45, 7) is -4.54. The Morgan fingerprint density at radius 1 is 0.500 bits per heavy atom. The van der Waals surface area contributed by atoms with Gasteiger partial charge in [0.05, 0.1) is 0 Å². The molecule has 0 aliphatic carbocycles. The monoisotopic (exact) mass is 498 g/mol. The maximum absolute atomic E-state index is 12.8.